The van der Waals surface area contributed by atoms with E-state index in [4.69, 9.17) is 43.4 Å². The quantitative estimate of drug-likeness (QED) is 0.0461. The number of rotatable bonds is 19. The van der Waals surface area contributed by atoms with Crippen molar-refractivity contribution in [1.29, 1.82) is 0 Å². The van der Waals surface area contributed by atoms with Crippen LogP contribution in [0.4, 0.5) is 0 Å². The predicted molar refractivity (Wildman–Crippen MR) is 150 cm³/mol. The number of phenolic OH excluding ortho intramolecular Hbond substituents is 1. The van der Waals surface area contributed by atoms with Crippen LogP contribution in [-0.2, 0) is 47.5 Å². The topological polar surface area (TPSA) is 243 Å². The van der Waals surface area contributed by atoms with Crippen LogP contribution in [0.25, 0.3) is 10.4 Å². The van der Waals surface area contributed by atoms with Crippen molar-refractivity contribution in [3.05, 3.63) is 34.2 Å². The highest BCUT2D eigenvalue weighted by atomic mass is 16.7. The van der Waals surface area contributed by atoms with Gasteiger partial charge in [-0.3, -0.25) is 19.2 Å². The fourth-order valence-electron chi connectivity index (χ4n) is 3.88. The summed E-state index contributed by atoms with van der Waals surface area (Å²) < 4.78 is 42.7. The van der Waals surface area contributed by atoms with Crippen molar-refractivity contribution >= 4 is 23.8 Å². The highest BCUT2D eigenvalue weighted by Gasteiger charge is 2.51. The Kier molecular flexibility index (Phi) is 16.4. The molecule has 0 unspecified atom stereocenters. The number of esters is 3. The maximum atomic E-state index is 12.5. The molecule has 0 spiro atoms. The summed E-state index contributed by atoms with van der Waals surface area (Å²) in [6, 6.07) is 3.75. The van der Waals surface area contributed by atoms with Gasteiger partial charge in [-0.1, -0.05) is 5.11 Å². The number of hydrogen-bond acceptors (Lipinski definition) is 15. The Labute approximate surface area is 258 Å². The second-order valence-corrected chi connectivity index (χ2v) is 9.33. The highest BCUT2D eigenvalue weighted by molar-refractivity contribution is 5.94. The van der Waals surface area contributed by atoms with E-state index in [2.05, 4.69) is 15.3 Å². The molecule has 0 radical (unpaired) electrons. The number of nitrogens with one attached hydrogen (secondary N) is 1. The van der Waals surface area contributed by atoms with Gasteiger partial charge in [0, 0.05) is 44.3 Å². The molecular formula is C27H38N4O14. The lowest BCUT2D eigenvalue weighted by Gasteiger charge is -2.42. The van der Waals surface area contributed by atoms with Gasteiger partial charge in [0.05, 0.1) is 39.6 Å². The van der Waals surface area contributed by atoms with E-state index in [-0.39, 0.29) is 37.6 Å². The Hall–Kier alpha value is -4.19. The highest BCUT2D eigenvalue weighted by Crippen LogP contribution is 2.33. The van der Waals surface area contributed by atoms with Gasteiger partial charge in [0.25, 0.3) is 5.91 Å². The number of aliphatic hydroxyl groups excluding tert-OH is 1. The van der Waals surface area contributed by atoms with Gasteiger partial charge in [-0.25, -0.2) is 0 Å². The molecule has 0 saturated carbocycles. The Morgan fingerprint density at radius 3 is 2.16 bits per heavy atom. The summed E-state index contributed by atoms with van der Waals surface area (Å²) in [6.07, 6.45) is -7.32. The first kappa shape index (κ1) is 37.0. The van der Waals surface area contributed by atoms with Crippen LogP contribution in [0.3, 0.4) is 0 Å². The number of ether oxygens (including phenoxy) is 8. The lowest BCUT2D eigenvalue weighted by Crippen LogP contribution is -2.62. The molecule has 1 aliphatic heterocycles. The van der Waals surface area contributed by atoms with Crippen molar-refractivity contribution in [1.82, 2.24) is 5.32 Å². The van der Waals surface area contributed by atoms with Crippen molar-refractivity contribution in [2.75, 3.05) is 59.3 Å². The standard InChI is InChI=1S/C27H38N4O14/c1-16(32)41-15-22-23(36)24(42-17(2)33)25(43-18(3)34)27(45-22)44-21-5-4-19(14-20(21)35)26(37)29-6-8-38-10-12-40-13-11-39-9-7-30-31-28/h4-5,14,22-25,27,35-36H,6-13,15H2,1-3H3,(H,29,37)/t22-,23+,24+,25-,27-/m1/s1. The van der Waals surface area contributed by atoms with Gasteiger partial charge in [-0.15, -0.1) is 0 Å². The van der Waals surface area contributed by atoms with Gasteiger partial charge in [-0.2, -0.15) is 0 Å². The van der Waals surface area contributed by atoms with E-state index >= 15 is 0 Å². The Balaban J connectivity index is 1.91. The first-order valence-electron chi connectivity index (χ1n) is 13.9. The van der Waals surface area contributed by atoms with Crippen LogP contribution in [0.5, 0.6) is 11.5 Å². The minimum atomic E-state index is -1.57. The van der Waals surface area contributed by atoms with E-state index in [1.165, 1.54) is 12.1 Å². The van der Waals surface area contributed by atoms with E-state index in [0.29, 0.717) is 26.4 Å². The molecule has 18 nitrogen and oxygen atoms in total. The van der Waals surface area contributed by atoms with Crippen LogP contribution >= 0.6 is 0 Å². The maximum absolute atomic E-state index is 12.5. The molecule has 0 aromatic heterocycles. The normalized spacial score (nSPS) is 20.8. The number of amides is 1. The number of carbonyl (C=O) groups excluding carboxylic acids is 4. The van der Waals surface area contributed by atoms with Gasteiger partial charge in [0.15, 0.2) is 17.6 Å². The maximum Gasteiger partial charge on any atom is 0.303 e. The lowest BCUT2D eigenvalue weighted by molar-refractivity contribution is -0.286. The van der Waals surface area contributed by atoms with Gasteiger partial charge in [0.2, 0.25) is 12.4 Å². The number of phenols is 1. The zero-order valence-corrected chi connectivity index (χ0v) is 25.1. The Morgan fingerprint density at radius 1 is 0.933 bits per heavy atom. The largest absolute Gasteiger partial charge is 0.504 e. The first-order chi connectivity index (χ1) is 21.5. The van der Waals surface area contributed by atoms with E-state index in [9.17, 15) is 29.4 Å². The number of carbonyl (C=O) groups is 4. The smallest absolute Gasteiger partial charge is 0.303 e. The van der Waals surface area contributed by atoms with Crippen LogP contribution in [0.2, 0.25) is 0 Å². The molecule has 18 heteroatoms. The summed E-state index contributed by atoms with van der Waals surface area (Å²) in [4.78, 5) is 50.0. The second kappa shape index (κ2) is 20.0. The predicted octanol–water partition coefficient (Wildman–Crippen LogP) is 0.373. The average molecular weight is 643 g/mol. The van der Waals surface area contributed by atoms with Crippen LogP contribution in [-0.4, -0.2) is 124 Å². The minimum Gasteiger partial charge on any atom is -0.504 e. The molecule has 1 aromatic carbocycles. The third-order valence-electron chi connectivity index (χ3n) is 5.81. The summed E-state index contributed by atoms with van der Waals surface area (Å²) >= 11 is 0. The Morgan fingerprint density at radius 2 is 1.56 bits per heavy atom. The van der Waals surface area contributed by atoms with Crippen molar-refractivity contribution in [3.8, 4) is 11.5 Å². The number of aromatic hydroxyl groups is 1. The molecule has 1 aliphatic rings. The third-order valence-corrected chi connectivity index (χ3v) is 5.81. The number of azide groups is 1. The number of nitrogens with zero attached hydrogens (tertiary/aromatic N) is 3. The van der Waals surface area contributed by atoms with Crippen LogP contribution < -0.4 is 10.1 Å². The first-order valence-corrected chi connectivity index (χ1v) is 13.9. The fraction of sp³-hybridized carbons (Fsp3) is 0.630. The molecule has 5 atom stereocenters. The van der Waals surface area contributed by atoms with E-state index in [0.717, 1.165) is 26.8 Å². The summed E-state index contributed by atoms with van der Waals surface area (Å²) in [5.41, 5.74) is 8.25. The van der Waals surface area contributed by atoms with Crippen LogP contribution in [0.1, 0.15) is 31.1 Å². The van der Waals surface area contributed by atoms with E-state index in [1.807, 2.05) is 0 Å². The Bertz CT molecular complexity index is 1180. The zero-order chi connectivity index (χ0) is 33.2. The van der Waals surface area contributed by atoms with Gasteiger partial charge in [0.1, 0.15) is 18.8 Å². The monoisotopic (exact) mass is 642 g/mol. The molecule has 0 bridgehead atoms. The van der Waals surface area contributed by atoms with Crippen molar-refractivity contribution in [3.63, 3.8) is 0 Å². The fourth-order valence-corrected chi connectivity index (χ4v) is 3.88. The summed E-state index contributed by atoms with van der Waals surface area (Å²) in [5, 5.41) is 27.3. The average Bonchev–Trinajstić information content (AvgIpc) is 2.98. The summed E-state index contributed by atoms with van der Waals surface area (Å²) in [6.45, 7) is 5.10. The summed E-state index contributed by atoms with van der Waals surface area (Å²) in [7, 11) is 0. The molecule has 45 heavy (non-hydrogen) atoms. The molecule has 2 rings (SSSR count). The molecule has 1 aromatic rings. The molecule has 1 saturated heterocycles. The van der Waals surface area contributed by atoms with E-state index < -0.39 is 66.9 Å². The van der Waals surface area contributed by atoms with Gasteiger partial charge in [-0.05, 0) is 23.7 Å². The molecule has 0 aliphatic carbocycles. The van der Waals surface area contributed by atoms with E-state index in [1.54, 1.807) is 0 Å². The minimum absolute atomic E-state index is 0.0886. The van der Waals surface area contributed by atoms with Gasteiger partial charge >= 0.3 is 17.9 Å². The van der Waals surface area contributed by atoms with Crippen molar-refractivity contribution < 1.29 is 67.3 Å². The van der Waals surface area contributed by atoms with Crippen molar-refractivity contribution in [2.24, 2.45) is 5.11 Å². The third kappa shape index (κ3) is 13.5. The molecular weight excluding hydrogens is 604 g/mol. The van der Waals surface area contributed by atoms with Gasteiger partial charge < -0.3 is 53.4 Å². The SMILES string of the molecule is CC(=O)OC[C@H]1O[C@@H](Oc2ccc(C(=O)NCCOCCOCCOCCN=[N+]=[N-])cc2O)[C@H](OC(C)=O)[C@@H](OC(C)=O)[C@H]1O. The van der Waals surface area contributed by atoms with Crippen LogP contribution in [0, 0.1) is 0 Å². The molecule has 1 fully saturated rings. The number of aliphatic hydroxyl groups is 1. The molecule has 1 heterocycles. The summed E-state index contributed by atoms with van der Waals surface area (Å²) in [5.74, 6) is -3.46. The molecule has 250 valence electrons. The number of benzene rings is 1. The molecule has 1 amide bonds. The van der Waals surface area contributed by atoms with Crippen molar-refractivity contribution in [2.45, 2.75) is 51.5 Å². The second-order valence-electron chi connectivity index (χ2n) is 9.33. The number of hydrogen-bond donors (Lipinski definition) is 3. The molecule has 3 N–H and O–H groups in total. The lowest BCUT2D eigenvalue weighted by atomic mass is 9.98. The van der Waals surface area contributed by atoms with Crippen LogP contribution in [0.15, 0.2) is 23.3 Å². The zero-order valence-electron chi connectivity index (χ0n) is 25.1.